The molecule has 0 aromatic carbocycles. The minimum Gasteiger partial charge on any atom is -0.467 e. The number of nitrogens with zero attached hydrogens (tertiary/aromatic N) is 5. The van der Waals surface area contributed by atoms with Crippen LogP contribution in [0.4, 0.5) is 16.0 Å². The molecule has 12 heteroatoms. The van der Waals surface area contributed by atoms with Gasteiger partial charge in [-0.2, -0.15) is 14.4 Å². The molecule has 2 amide bonds. The smallest absolute Gasteiger partial charge is 0.320 e. The Morgan fingerprint density at radius 2 is 2.00 bits per heavy atom. The molecule has 2 fully saturated rings. The third-order valence-electron chi connectivity index (χ3n) is 6.10. The second-order valence-electron chi connectivity index (χ2n) is 8.41. The highest BCUT2D eigenvalue weighted by Crippen LogP contribution is 2.31. The number of amides is 2. The van der Waals surface area contributed by atoms with E-state index in [-0.39, 0.29) is 30.6 Å². The number of aromatic nitrogens is 2. The highest BCUT2D eigenvalue weighted by molar-refractivity contribution is 5.80. The van der Waals surface area contributed by atoms with Gasteiger partial charge in [-0.3, -0.25) is 25.6 Å². The molecule has 1 saturated heterocycles. The summed E-state index contributed by atoms with van der Waals surface area (Å²) in [6.45, 7) is 2.59. The van der Waals surface area contributed by atoms with Gasteiger partial charge < -0.3 is 14.5 Å². The molecule has 0 spiro atoms. The molecule has 11 nitrogen and oxygen atoms in total. The molecule has 1 atom stereocenters. The number of carbonyl (C=O) groups excluding carboxylic acids is 2. The fourth-order valence-corrected chi connectivity index (χ4v) is 4.22. The fraction of sp³-hybridized carbons (Fsp3) is 0.700. The topological polar surface area (TPSA) is 123 Å². The van der Waals surface area contributed by atoms with Crippen molar-refractivity contribution in [3.63, 3.8) is 0 Å². The minimum absolute atomic E-state index is 0.0259. The molecule has 3 N–H and O–H groups in total. The van der Waals surface area contributed by atoms with E-state index in [2.05, 4.69) is 25.7 Å². The number of hydrazine groups is 1. The van der Waals surface area contributed by atoms with Crippen LogP contribution in [0.15, 0.2) is 0 Å². The van der Waals surface area contributed by atoms with Crippen molar-refractivity contribution in [1.82, 2.24) is 25.4 Å². The van der Waals surface area contributed by atoms with Gasteiger partial charge in [-0.15, -0.1) is 0 Å². The molecule has 0 bridgehead atoms. The summed E-state index contributed by atoms with van der Waals surface area (Å²) in [6, 6.07) is -0.0259. The van der Waals surface area contributed by atoms with E-state index in [9.17, 15) is 14.8 Å². The van der Waals surface area contributed by atoms with Crippen LogP contribution in [-0.2, 0) is 9.59 Å². The van der Waals surface area contributed by atoms with Crippen LogP contribution in [0.5, 0.6) is 6.01 Å². The summed E-state index contributed by atoms with van der Waals surface area (Å²) < 4.78 is 20.3. The van der Waals surface area contributed by atoms with Crippen LogP contribution in [0.3, 0.4) is 0 Å². The maximum Gasteiger partial charge on any atom is 0.320 e. The zero-order valence-corrected chi connectivity index (χ0v) is 18.6. The molecule has 178 valence electrons. The third kappa shape index (κ3) is 6.16. The summed E-state index contributed by atoms with van der Waals surface area (Å²) in [4.78, 5) is 35.7. The van der Waals surface area contributed by atoms with Crippen LogP contribution in [0.1, 0.15) is 32.1 Å². The average Bonchev–Trinajstić information content (AvgIpc) is 3.31. The van der Waals surface area contributed by atoms with E-state index in [4.69, 9.17) is 4.74 Å². The standard InChI is InChI=1S/C20H32FN7O4/c1-26-7-9-27(10-8-26)18-16(21)17(22-20(23-18)32-2)24-25-19(30)15(12-28(31)13-29)11-14-5-3-4-6-14/h13-15,31H,3-12H2,1-2H3,(H,25,30)(H,22,23,24)/t15-/m1/s1. The Morgan fingerprint density at radius 1 is 1.31 bits per heavy atom. The number of rotatable bonds is 10. The van der Waals surface area contributed by atoms with Crippen molar-refractivity contribution in [1.29, 1.82) is 0 Å². The molecule has 1 saturated carbocycles. The number of halogens is 1. The SMILES string of the molecule is COc1nc(NNC(=O)[C@H](CC2CCCC2)CN(O)C=O)c(F)c(N2CCN(C)CC2)n1. The zero-order chi connectivity index (χ0) is 23.1. The number of piperazine rings is 1. The first-order valence-corrected chi connectivity index (χ1v) is 10.9. The van der Waals surface area contributed by atoms with E-state index in [0.717, 1.165) is 38.8 Å². The number of anilines is 2. The van der Waals surface area contributed by atoms with E-state index < -0.39 is 17.6 Å². The Kier molecular flexibility index (Phi) is 8.39. The molecule has 0 unspecified atom stereocenters. The van der Waals surface area contributed by atoms with Crippen LogP contribution in [0.2, 0.25) is 0 Å². The second kappa shape index (κ2) is 11.2. The van der Waals surface area contributed by atoms with Crippen LogP contribution >= 0.6 is 0 Å². The monoisotopic (exact) mass is 453 g/mol. The molecule has 1 aliphatic heterocycles. The lowest BCUT2D eigenvalue weighted by atomic mass is 9.92. The van der Waals surface area contributed by atoms with Gasteiger partial charge in [0, 0.05) is 26.2 Å². The van der Waals surface area contributed by atoms with Gasteiger partial charge in [0.05, 0.1) is 19.6 Å². The number of hydrogen-bond acceptors (Lipinski definition) is 9. The maximum atomic E-state index is 15.2. The summed E-state index contributed by atoms with van der Waals surface area (Å²) in [5.74, 6) is -1.56. The molecular weight excluding hydrogens is 421 g/mol. The fourth-order valence-electron chi connectivity index (χ4n) is 4.22. The van der Waals surface area contributed by atoms with Crippen molar-refractivity contribution >= 4 is 24.0 Å². The molecule has 3 rings (SSSR count). The van der Waals surface area contributed by atoms with E-state index in [0.29, 0.717) is 30.5 Å². The first kappa shape index (κ1) is 23.9. The number of hydroxylamine groups is 2. The van der Waals surface area contributed by atoms with Gasteiger partial charge in [0.1, 0.15) is 0 Å². The predicted molar refractivity (Wildman–Crippen MR) is 115 cm³/mol. The average molecular weight is 454 g/mol. The van der Waals surface area contributed by atoms with E-state index >= 15 is 4.39 Å². The number of methoxy groups -OCH3 is 1. The molecule has 1 aromatic rings. The molecule has 0 radical (unpaired) electrons. The van der Waals surface area contributed by atoms with Crippen molar-refractivity contribution in [2.45, 2.75) is 32.1 Å². The van der Waals surface area contributed by atoms with Crippen LogP contribution in [0.25, 0.3) is 0 Å². The summed E-state index contributed by atoms with van der Waals surface area (Å²) in [5.41, 5.74) is 5.02. The highest BCUT2D eigenvalue weighted by Gasteiger charge is 2.28. The zero-order valence-electron chi connectivity index (χ0n) is 18.6. The molecule has 32 heavy (non-hydrogen) atoms. The lowest BCUT2D eigenvalue weighted by Gasteiger charge is -2.33. The third-order valence-corrected chi connectivity index (χ3v) is 6.10. The van der Waals surface area contributed by atoms with Crippen molar-refractivity contribution in [2.75, 3.05) is 57.2 Å². The Bertz CT molecular complexity index is 785. The lowest BCUT2D eigenvalue weighted by molar-refractivity contribution is -0.154. The quantitative estimate of drug-likeness (QED) is 0.269. The van der Waals surface area contributed by atoms with Crippen molar-refractivity contribution < 1.29 is 23.9 Å². The number of likely N-dealkylation sites (N-methyl/N-ethyl adjacent to an activating group) is 1. The number of carbonyl (C=O) groups is 2. The number of hydrogen-bond donors (Lipinski definition) is 3. The molecule has 2 heterocycles. The second-order valence-corrected chi connectivity index (χ2v) is 8.41. The van der Waals surface area contributed by atoms with Crippen molar-refractivity contribution in [2.24, 2.45) is 11.8 Å². The molecular formula is C20H32FN7O4. The Balaban J connectivity index is 1.70. The molecule has 1 aromatic heterocycles. The van der Waals surface area contributed by atoms with Crippen LogP contribution < -0.4 is 20.5 Å². The van der Waals surface area contributed by atoms with Gasteiger partial charge in [0.15, 0.2) is 11.6 Å². The van der Waals surface area contributed by atoms with Gasteiger partial charge in [0.2, 0.25) is 18.1 Å². The largest absolute Gasteiger partial charge is 0.467 e. The highest BCUT2D eigenvalue weighted by atomic mass is 19.1. The van der Waals surface area contributed by atoms with E-state index in [1.165, 1.54) is 7.11 Å². The van der Waals surface area contributed by atoms with Crippen LogP contribution in [-0.4, -0.2) is 84.3 Å². The lowest BCUT2D eigenvalue weighted by Crippen LogP contribution is -2.45. The van der Waals surface area contributed by atoms with Gasteiger partial charge >= 0.3 is 6.01 Å². The van der Waals surface area contributed by atoms with Crippen molar-refractivity contribution in [3.05, 3.63) is 5.82 Å². The normalized spacial score (nSPS) is 18.3. The van der Waals surface area contributed by atoms with Gasteiger partial charge in [-0.05, 0) is 19.4 Å². The van der Waals surface area contributed by atoms with Crippen LogP contribution in [0, 0.1) is 17.7 Å². The number of ether oxygens (including phenoxy) is 1. The Morgan fingerprint density at radius 3 is 2.62 bits per heavy atom. The summed E-state index contributed by atoms with van der Waals surface area (Å²) in [5, 5.41) is 10.1. The van der Waals surface area contributed by atoms with E-state index in [1.54, 1.807) is 0 Å². The Hall–Kier alpha value is -2.73. The number of nitrogens with one attached hydrogen (secondary N) is 2. The first-order valence-electron chi connectivity index (χ1n) is 10.9. The first-order chi connectivity index (χ1) is 15.4. The Labute approximate surface area is 186 Å². The van der Waals surface area contributed by atoms with Gasteiger partial charge in [0.25, 0.3) is 0 Å². The predicted octanol–water partition coefficient (Wildman–Crippen LogP) is 0.863. The molecule has 1 aliphatic carbocycles. The van der Waals surface area contributed by atoms with Crippen molar-refractivity contribution in [3.8, 4) is 6.01 Å². The van der Waals surface area contributed by atoms with Gasteiger partial charge in [-0.25, -0.2) is 5.06 Å². The summed E-state index contributed by atoms with van der Waals surface area (Å²) in [7, 11) is 3.38. The minimum atomic E-state index is -0.695. The van der Waals surface area contributed by atoms with Gasteiger partial charge in [-0.1, -0.05) is 25.7 Å². The molecule has 2 aliphatic rings. The maximum absolute atomic E-state index is 15.2. The summed E-state index contributed by atoms with van der Waals surface area (Å²) >= 11 is 0. The summed E-state index contributed by atoms with van der Waals surface area (Å²) in [6.07, 6.45) is 5.02. The van der Waals surface area contributed by atoms with E-state index in [1.807, 2.05) is 11.9 Å².